The number of alkyl halides is 2. The van der Waals surface area contributed by atoms with Gasteiger partial charge in [-0.1, -0.05) is 0 Å². The van der Waals surface area contributed by atoms with Crippen LogP contribution in [-0.4, -0.2) is 4.98 Å². The highest BCUT2D eigenvalue weighted by Gasteiger charge is 2.17. The zero-order valence-corrected chi connectivity index (χ0v) is 8.66. The van der Waals surface area contributed by atoms with Gasteiger partial charge in [-0.05, 0) is 31.9 Å². The van der Waals surface area contributed by atoms with Gasteiger partial charge in [0, 0.05) is 0 Å². The summed E-state index contributed by atoms with van der Waals surface area (Å²) in [6, 6.07) is 0. The quantitative estimate of drug-likeness (QED) is 0.771. The highest BCUT2D eigenvalue weighted by Crippen LogP contribution is 2.32. The molecule has 0 aliphatic carbocycles. The SMILES string of the molecule is Fc1cnc(C(F)F)c(Br)c1Br. The molecule has 0 saturated carbocycles. The van der Waals surface area contributed by atoms with E-state index in [9.17, 15) is 13.2 Å². The Hall–Kier alpha value is -0.100. The highest BCUT2D eigenvalue weighted by atomic mass is 79.9. The molecule has 0 aliphatic heterocycles. The van der Waals surface area contributed by atoms with Crippen molar-refractivity contribution in [3.63, 3.8) is 0 Å². The molecule has 12 heavy (non-hydrogen) atoms. The van der Waals surface area contributed by atoms with Crippen LogP contribution in [0.2, 0.25) is 0 Å². The van der Waals surface area contributed by atoms with Gasteiger partial charge in [0.1, 0.15) is 5.69 Å². The van der Waals surface area contributed by atoms with Gasteiger partial charge in [0.2, 0.25) is 0 Å². The second-order valence-corrected chi connectivity index (χ2v) is 3.51. The van der Waals surface area contributed by atoms with Gasteiger partial charge in [0.15, 0.2) is 5.82 Å². The van der Waals surface area contributed by atoms with E-state index in [2.05, 4.69) is 36.8 Å². The van der Waals surface area contributed by atoms with E-state index in [0.717, 1.165) is 6.20 Å². The summed E-state index contributed by atoms with van der Waals surface area (Å²) in [5.74, 6) is -0.675. The fraction of sp³-hybridized carbons (Fsp3) is 0.167. The van der Waals surface area contributed by atoms with E-state index in [-0.39, 0.29) is 8.95 Å². The number of nitrogens with zero attached hydrogens (tertiary/aromatic N) is 1. The first-order chi connectivity index (χ1) is 5.54. The fourth-order valence-electron chi connectivity index (χ4n) is 0.609. The molecule has 0 spiro atoms. The molecule has 0 N–H and O–H groups in total. The maximum atomic E-state index is 12.6. The minimum absolute atomic E-state index is 0.0344. The number of halogens is 5. The molecule has 1 rings (SSSR count). The minimum atomic E-state index is -2.71. The van der Waals surface area contributed by atoms with E-state index in [4.69, 9.17) is 0 Å². The molecule has 0 aliphatic rings. The number of hydrogen-bond acceptors (Lipinski definition) is 1. The smallest absolute Gasteiger partial charge is 0.251 e. The van der Waals surface area contributed by atoms with Gasteiger partial charge in [-0.2, -0.15) is 0 Å². The molecular weight excluding hydrogens is 303 g/mol. The van der Waals surface area contributed by atoms with Gasteiger partial charge in [-0.15, -0.1) is 0 Å². The molecule has 0 saturated heterocycles. The molecule has 1 aromatic rings. The lowest BCUT2D eigenvalue weighted by molar-refractivity contribution is 0.145. The monoisotopic (exact) mass is 303 g/mol. The molecule has 0 atom stereocenters. The standard InChI is InChI=1S/C6H2Br2F3N/c7-3-2(9)1-12-5(4(3)8)6(10)11/h1,6H. The summed E-state index contributed by atoms with van der Waals surface area (Å²) in [4.78, 5) is 3.24. The number of aromatic nitrogens is 1. The van der Waals surface area contributed by atoms with E-state index in [1.807, 2.05) is 0 Å². The molecule has 0 amide bonds. The fourth-order valence-corrected chi connectivity index (χ4v) is 1.38. The lowest BCUT2D eigenvalue weighted by atomic mass is 10.3. The summed E-state index contributed by atoms with van der Waals surface area (Å²) in [6.07, 6.45) is -1.97. The summed E-state index contributed by atoms with van der Waals surface area (Å²) in [5.41, 5.74) is -0.469. The second kappa shape index (κ2) is 3.74. The summed E-state index contributed by atoms with van der Waals surface area (Å²) in [6.45, 7) is 0. The lowest BCUT2D eigenvalue weighted by Crippen LogP contribution is -1.94. The largest absolute Gasteiger partial charge is 0.281 e. The lowest BCUT2D eigenvalue weighted by Gasteiger charge is -2.03. The van der Waals surface area contributed by atoms with E-state index in [0.29, 0.717) is 0 Å². The molecule has 0 radical (unpaired) electrons. The third kappa shape index (κ3) is 1.80. The summed E-state index contributed by atoms with van der Waals surface area (Å²) >= 11 is 5.61. The van der Waals surface area contributed by atoms with Crippen LogP contribution in [0.5, 0.6) is 0 Å². The molecular formula is C6H2Br2F3N. The zero-order valence-electron chi connectivity index (χ0n) is 5.49. The Balaban J connectivity index is 3.27. The summed E-state index contributed by atoms with van der Waals surface area (Å²) in [5, 5.41) is 0. The number of hydrogen-bond donors (Lipinski definition) is 0. The van der Waals surface area contributed by atoms with Gasteiger partial charge in [-0.3, -0.25) is 4.98 Å². The predicted molar refractivity (Wildman–Crippen MR) is 44.6 cm³/mol. The number of rotatable bonds is 1. The molecule has 1 aromatic heterocycles. The molecule has 0 aromatic carbocycles. The van der Waals surface area contributed by atoms with E-state index >= 15 is 0 Å². The van der Waals surface area contributed by atoms with Crippen molar-refractivity contribution >= 4 is 31.9 Å². The van der Waals surface area contributed by atoms with Gasteiger partial charge >= 0.3 is 0 Å². The first-order valence-corrected chi connectivity index (χ1v) is 4.40. The van der Waals surface area contributed by atoms with E-state index < -0.39 is 17.9 Å². The van der Waals surface area contributed by atoms with Crippen molar-refractivity contribution in [1.82, 2.24) is 4.98 Å². The van der Waals surface area contributed by atoms with E-state index in [1.165, 1.54) is 0 Å². The first kappa shape index (κ1) is 9.98. The van der Waals surface area contributed by atoms with Crippen LogP contribution in [0.1, 0.15) is 12.1 Å². The van der Waals surface area contributed by atoms with Gasteiger partial charge in [-0.25, -0.2) is 13.2 Å². The van der Waals surface area contributed by atoms with Crippen LogP contribution in [0.15, 0.2) is 15.1 Å². The predicted octanol–water partition coefficient (Wildman–Crippen LogP) is 3.68. The zero-order chi connectivity index (χ0) is 9.30. The van der Waals surface area contributed by atoms with E-state index in [1.54, 1.807) is 0 Å². The molecule has 1 nitrogen and oxygen atoms in total. The van der Waals surface area contributed by atoms with Crippen LogP contribution in [0, 0.1) is 5.82 Å². The minimum Gasteiger partial charge on any atom is -0.251 e. The van der Waals surface area contributed by atoms with Crippen LogP contribution in [0.3, 0.4) is 0 Å². The van der Waals surface area contributed by atoms with Crippen molar-refractivity contribution in [1.29, 1.82) is 0 Å². The normalized spacial score (nSPS) is 10.8. The first-order valence-electron chi connectivity index (χ1n) is 2.81. The Morgan fingerprint density at radius 3 is 2.33 bits per heavy atom. The van der Waals surface area contributed by atoms with Crippen LogP contribution >= 0.6 is 31.9 Å². The third-order valence-corrected chi connectivity index (χ3v) is 3.26. The van der Waals surface area contributed by atoms with Gasteiger partial charge < -0.3 is 0 Å². The van der Waals surface area contributed by atoms with Crippen molar-refractivity contribution in [2.24, 2.45) is 0 Å². The van der Waals surface area contributed by atoms with Crippen molar-refractivity contribution in [3.8, 4) is 0 Å². The van der Waals surface area contributed by atoms with Gasteiger partial charge in [0.25, 0.3) is 6.43 Å². The molecule has 6 heteroatoms. The maximum absolute atomic E-state index is 12.6. The van der Waals surface area contributed by atoms with Crippen LogP contribution in [0.4, 0.5) is 13.2 Å². The Kier molecular flexibility index (Phi) is 3.11. The van der Waals surface area contributed by atoms with Gasteiger partial charge in [0.05, 0.1) is 15.1 Å². The summed E-state index contributed by atoms with van der Waals surface area (Å²) in [7, 11) is 0. The molecule has 0 fully saturated rings. The molecule has 0 bridgehead atoms. The Morgan fingerprint density at radius 1 is 1.25 bits per heavy atom. The molecule has 1 heterocycles. The number of pyridine rings is 1. The second-order valence-electron chi connectivity index (χ2n) is 1.92. The van der Waals surface area contributed by atoms with Crippen LogP contribution in [-0.2, 0) is 0 Å². The Morgan fingerprint density at radius 2 is 1.83 bits per heavy atom. The van der Waals surface area contributed by atoms with Crippen LogP contribution < -0.4 is 0 Å². The summed E-state index contributed by atoms with van der Waals surface area (Å²) < 4.78 is 36.8. The Labute approximate surface area is 83.2 Å². The van der Waals surface area contributed by atoms with Crippen molar-refractivity contribution in [2.45, 2.75) is 6.43 Å². The molecule has 0 unspecified atom stereocenters. The average Bonchev–Trinajstić information content (AvgIpc) is 2.00. The topological polar surface area (TPSA) is 12.9 Å². The highest BCUT2D eigenvalue weighted by molar-refractivity contribution is 9.13. The van der Waals surface area contributed by atoms with Crippen molar-refractivity contribution in [3.05, 3.63) is 26.7 Å². The van der Waals surface area contributed by atoms with Crippen LogP contribution in [0.25, 0.3) is 0 Å². The van der Waals surface area contributed by atoms with Crippen molar-refractivity contribution in [2.75, 3.05) is 0 Å². The third-order valence-electron chi connectivity index (χ3n) is 1.15. The maximum Gasteiger partial charge on any atom is 0.281 e. The Bertz CT molecular complexity index is 303. The van der Waals surface area contributed by atoms with Crippen molar-refractivity contribution < 1.29 is 13.2 Å². The average molecular weight is 305 g/mol. The molecule has 66 valence electrons.